The Balaban J connectivity index is 2.03. The Morgan fingerprint density at radius 2 is 1.88 bits per heavy atom. The minimum atomic E-state index is -1.19. The minimum absolute atomic E-state index is 0.133. The average molecular weight is 352 g/mol. The van der Waals surface area contributed by atoms with Gasteiger partial charge in [0.2, 0.25) is 5.91 Å². The van der Waals surface area contributed by atoms with E-state index in [1.165, 1.54) is 19.1 Å². The first kappa shape index (κ1) is 19.0. The highest BCUT2D eigenvalue weighted by Gasteiger charge is 2.31. The third kappa shape index (κ3) is 5.07. The maximum absolute atomic E-state index is 12.3. The molecule has 1 aliphatic rings. The first-order valence-electron chi connectivity index (χ1n) is 8.33. The normalized spacial score (nSPS) is 21.2. The van der Waals surface area contributed by atoms with Crippen LogP contribution in [-0.4, -0.2) is 65.4 Å². The van der Waals surface area contributed by atoms with E-state index in [0.29, 0.717) is 30.3 Å². The van der Waals surface area contributed by atoms with Gasteiger partial charge in [0.1, 0.15) is 43.7 Å². The first-order chi connectivity index (χ1) is 11.9. The number of nitrogens with one attached hydrogen (secondary N) is 3. The summed E-state index contributed by atoms with van der Waals surface area (Å²) in [4.78, 5) is 26.1. The molecule has 1 heterocycles. The van der Waals surface area contributed by atoms with Crippen LogP contribution in [0.3, 0.4) is 0 Å². The first-order valence-corrected chi connectivity index (χ1v) is 8.33. The van der Waals surface area contributed by atoms with E-state index in [1.54, 1.807) is 18.2 Å². The highest BCUT2D eigenvalue weighted by molar-refractivity contribution is 5.94. The number of aliphatic carboxylic acids is 1. The van der Waals surface area contributed by atoms with E-state index in [4.69, 9.17) is 9.47 Å². The lowest BCUT2D eigenvalue weighted by Gasteiger charge is -2.33. The van der Waals surface area contributed by atoms with Crippen LogP contribution in [-0.2, 0) is 9.59 Å². The quantitative estimate of drug-likeness (QED) is 0.475. The summed E-state index contributed by atoms with van der Waals surface area (Å²) < 4.78 is 10.4. The highest BCUT2D eigenvalue weighted by atomic mass is 16.5. The Labute approximate surface area is 147 Å². The molecule has 3 N–H and O–H groups in total. The number of hydrogen-bond acceptors (Lipinski definition) is 5. The van der Waals surface area contributed by atoms with Crippen molar-refractivity contribution in [3.8, 4) is 11.5 Å². The fourth-order valence-electron chi connectivity index (χ4n) is 3.03. The molecule has 1 aromatic rings. The number of anilines is 1. The molecule has 0 saturated carbocycles. The molecule has 0 aromatic heterocycles. The van der Waals surface area contributed by atoms with Gasteiger partial charge in [-0.25, -0.2) is 0 Å². The van der Waals surface area contributed by atoms with Crippen LogP contribution < -0.4 is 29.7 Å². The van der Waals surface area contributed by atoms with Crippen molar-refractivity contribution in [3.05, 3.63) is 18.2 Å². The summed E-state index contributed by atoms with van der Waals surface area (Å²) in [6.07, 6.45) is -0.133. The summed E-state index contributed by atoms with van der Waals surface area (Å²) in [5.74, 6) is -0.511. The summed E-state index contributed by atoms with van der Waals surface area (Å²) in [6, 6.07) is 4.16. The van der Waals surface area contributed by atoms with Gasteiger partial charge in [-0.05, 0) is 12.1 Å². The van der Waals surface area contributed by atoms with Crippen LogP contribution in [0, 0.1) is 0 Å². The molecule has 138 valence electrons. The van der Waals surface area contributed by atoms with E-state index >= 15 is 0 Å². The van der Waals surface area contributed by atoms with Gasteiger partial charge < -0.3 is 34.5 Å². The van der Waals surface area contributed by atoms with Crippen molar-refractivity contribution in [2.24, 2.45) is 0 Å². The van der Waals surface area contributed by atoms with Gasteiger partial charge in [-0.15, -0.1) is 0 Å². The molecular formula is C17H26N3O5+. The summed E-state index contributed by atoms with van der Waals surface area (Å²) in [7, 11) is 5.11. The van der Waals surface area contributed by atoms with Crippen molar-refractivity contribution in [1.29, 1.82) is 0 Å². The van der Waals surface area contributed by atoms with Crippen LogP contribution in [0.25, 0.3) is 0 Å². The van der Waals surface area contributed by atoms with E-state index in [0.717, 1.165) is 18.0 Å². The number of likely N-dealkylation sites (N-methyl/N-ethyl adjacent to an activating group) is 1. The summed E-state index contributed by atoms with van der Waals surface area (Å²) in [5, 5.41) is 14.2. The second-order valence-electron chi connectivity index (χ2n) is 6.31. The van der Waals surface area contributed by atoms with Gasteiger partial charge in [0, 0.05) is 6.07 Å². The average Bonchev–Trinajstić information content (AvgIpc) is 2.60. The van der Waals surface area contributed by atoms with E-state index in [-0.39, 0.29) is 12.3 Å². The Hall–Kier alpha value is -2.32. The number of carbonyl (C=O) groups is 2. The van der Waals surface area contributed by atoms with E-state index in [9.17, 15) is 14.7 Å². The smallest absolute Gasteiger partial charge is 0.230 e. The van der Waals surface area contributed by atoms with Crippen LogP contribution in [0.4, 0.5) is 5.69 Å². The molecule has 1 aliphatic heterocycles. The fourth-order valence-corrected chi connectivity index (χ4v) is 3.03. The van der Waals surface area contributed by atoms with Crippen molar-refractivity contribution >= 4 is 17.6 Å². The van der Waals surface area contributed by atoms with Crippen LogP contribution in [0.1, 0.15) is 6.42 Å². The lowest BCUT2D eigenvalue weighted by molar-refractivity contribution is -1.01. The molecule has 1 amide bonds. The van der Waals surface area contributed by atoms with Crippen LogP contribution in [0.5, 0.6) is 11.5 Å². The third-order valence-electron chi connectivity index (χ3n) is 4.60. The van der Waals surface area contributed by atoms with Crippen molar-refractivity contribution in [2.45, 2.75) is 12.5 Å². The Kier molecular flexibility index (Phi) is 6.60. The molecule has 8 heteroatoms. The monoisotopic (exact) mass is 352 g/mol. The molecule has 1 atom stereocenters. The fraction of sp³-hybridized carbons (Fsp3) is 0.529. The Morgan fingerprint density at radius 3 is 2.44 bits per heavy atom. The summed E-state index contributed by atoms with van der Waals surface area (Å²) in [5.41, 5.74) is 0.475. The number of piperazine rings is 1. The van der Waals surface area contributed by atoms with Crippen molar-refractivity contribution in [2.75, 3.05) is 52.8 Å². The number of methoxy groups -OCH3 is 2. The van der Waals surface area contributed by atoms with Crippen molar-refractivity contribution in [3.63, 3.8) is 0 Å². The number of ether oxygens (including phenoxy) is 2. The zero-order valence-electron chi connectivity index (χ0n) is 14.9. The van der Waals surface area contributed by atoms with Crippen LogP contribution in [0.2, 0.25) is 0 Å². The maximum atomic E-state index is 12.3. The molecule has 0 aliphatic carbocycles. The van der Waals surface area contributed by atoms with Gasteiger partial charge in [-0.1, -0.05) is 0 Å². The number of amides is 1. The van der Waals surface area contributed by atoms with Crippen LogP contribution >= 0.6 is 0 Å². The van der Waals surface area contributed by atoms with Gasteiger partial charge in [0.25, 0.3) is 0 Å². The third-order valence-corrected chi connectivity index (χ3v) is 4.60. The predicted octanol–water partition coefficient (Wildman–Crippen LogP) is -3.44. The predicted molar refractivity (Wildman–Crippen MR) is 88.9 cm³/mol. The number of carboxylic acid groups (broad SMARTS) is 1. The molecule has 1 fully saturated rings. The number of quaternary nitrogens is 2. The molecule has 1 aromatic carbocycles. The summed E-state index contributed by atoms with van der Waals surface area (Å²) >= 11 is 0. The number of carbonyl (C=O) groups excluding carboxylic acids is 2. The molecular weight excluding hydrogens is 326 g/mol. The molecule has 2 rings (SSSR count). The molecule has 0 spiro atoms. The van der Waals surface area contributed by atoms with Crippen LogP contribution in [0.15, 0.2) is 18.2 Å². The van der Waals surface area contributed by atoms with Gasteiger partial charge >= 0.3 is 0 Å². The number of benzene rings is 1. The Morgan fingerprint density at radius 1 is 1.20 bits per heavy atom. The van der Waals surface area contributed by atoms with Gasteiger partial charge in [0.05, 0.1) is 39.3 Å². The SMILES string of the molecule is COc1ccc(NC(=O)C[C@@H](C(=O)[O-])[NH+]2CC[NH+](C)CC2)c(OC)c1. The lowest BCUT2D eigenvalue weighted by Crippen LogP contribution is -3.29. The van der Waals surface area contributed by atoms with E-state index in [2.05, 4.69) is 12.4 Å². The largest absolute Gasteiger partial charge is 0.544 e. The Bertz CT molecular complexity index is 614. The van der Waals surface area contributed by atoms with Crippen molar-refractivity contribution in [1.82, 2.24) is 0 Å². The zero-order chi connectivity index (χ0) is 18.4. The molecule has 25 heavy (non-hydrogen) atoms. The van der Waals surface area contributed by atoms with E-state index in [1.807, 2.05) is 0 Å². The molecule has 1 saturated heterocycles. The number of rotatable bonds is 7. The van der Waals surface area contributed by atoms with Gasteiger partial charge in [-0.2, -0.15) is 0 Å². The second-order valence-corrected chi connectivity index (χ2v) is 6.31. The molecule has 8 nitrogen and oxygen atoms in total. The maximum Gasteiger partial charge on any atom is 0.230 e. The zero-order valence-corrected chi connectivity index (χ0v) is 14.9. The van der Waals surface area contributed by atoms with E-state index < -0.39 is 12.0 Å². The van der Waals surface area contributed by atoms with Gasteiger partial charge in [0.15, 0.2) is 0 Å². The topological polar surface area (TPSA) is 96.6 Å². The lowest BCUT2D eigenvalue weighted by atomic mass is 10.1. The standard InChI is InChI=1S/C17H25N3O5/c1-19-6-8-20(9-7-19)14(17(22)23)11-16(21)18-13-5-4-12(24-2)10-15(13)25-3/h4-5,10,14H,6-9,11H2,1-3H3,(H,18,21)(H,22,23)/p+1/t14-/m0/s1. The number of carboxylic acids is 1. The molecule has 0 unspecified atom stereocenters. The minimum Gasteiger partial charge on any atom is -0.544 e. The molecule has 0 bridgehead atoms. The number of hydrogen-bond donors (Lipinski definition) is 3. The van der Waals surface area contributed by atoms with Gasteiger partial charge in [-0.3, -0.25) is 4.79 Å². The van der Waals surface area contributed by atoms with Crippen molar-refractivity contribution < 1.29 is 34.0 Å². The molecule has 0 radical (unpaired) electrons. The second kappa shape index (κ2) is 8.68. The highest BCUT2D eigenvalue weighted by Crippen LogP contribution is 2.29. The summed E-state index contributed by atoms with van der Waals surface area (Å²) in [6.45, 7) is 3.19.